The summed E-state index contributed by atoms with van der Waals surface area (Å²) in [7, 11) is 0. The molecule has 1 atom stereocenters. The van der Waals surface area contributed by atoms with Crippen molar-refractivity contribution in [3.05, 3.63) is 70.2 Å². The molecule has 0 aliphatic rings. The standard InChI is InChI=1S/C18H19ClN2O2/c1-12(16-4-3-5-17(19)10-16)21-18(23)15-8-6-14(7-9-15)11-20-13(2)22/h3-10,12H,11H2,1-2H3,(H,20,22)(H,21,23)/t12-/m1/s1. The Labute approximate surface area is 140 Å². The molecular formula is C18H19ClN2O2. The Kier molecular flexibility index (Phi) is 5.77. The molecule has 2 aromatic carbocycles. The van der Waals surface area contributed by atoms with Crippen molar-refractivity contribution in [3.8, 4) is 0 Å². The van der Waals surface area contributed by atoms with E-state index in [1.165, 1.54) is 6.92 Å². The zero-order valence-corrected chi connectivity index (χ0v) is 13.9. The molecule has 0 aliphatic heterocycles. The smallest absolute Gasteiger partial charge is 0.251 e. The molecule has 0 aliphatic carbocycles. The molecule has 0 bridgehead atoms. The van der Waals surface area contributed by atoms with Crippen molar-refractivity contribution in [1.29, 1.82) is 0 Å². The lowest BCUT2D eigenvalue weighted by molar-refractivity contribution is -0.119. The van der Waals surface area contributed by atoms with Gasteiger partial charge in [-0.1, -0.05) is 35.9 Å². The van der Waals surface area contributed by atoms with Gasteiger partial charge in [0.15, 0.2) is 0 Å². The van der Waals surface area contributed by atoms with Gasteiger partial charge in [0.1, 0.15) is 0 Å². The minimum absolute atomic E-state index is 0.0813. The van der Waals surface area contributed by atoms with Gasteiger partial charge in [0.2, 0.25) is 5.91 Å². The molecule has 0 fully saturated rings. The molecule has 4 nitrogen and oxygen atoms in total. The van der Waals surface area contributed by atoms with E-state index in [0.717, 1.165) is 11.1 Å². The summed E-state index contributed by atoms with van der Waals surface area (Å²) >= 11 is 5.97. The minimum Gasteiger partial charge on any atom is -0.352 e. The Morgan fingerprint density at radius 3 is 2.43 bits per heavy atom. The van der Waals surface area contributed by atoms with Crippen LogP contribution < -0.4 is 10.6 Å². The normalized spacial score (nSPS) is 11.6. The van der Waals surface area contributed by atoms with Crippen molar-refractivity contribution in [2.75, 3.05) is 0 Å². The van der Waals surface area contributed by atoms with Gasteiger partial charge < -0.3 is 10.6 Å². The number of halogens is 1. The average molecular weight is 331 g/mol. The first-order valence-corrected chi connectivity index (χ1v) is 7.73. The van der Waals surface area contributed by atoms with Crippen molar-refractivity contribution in [1.82, 2.24) is 10.6 Å². The van der Waals surface area contributed by atoms with Crippen LogP contribution in [0.3, 0.4) is 0 Å². The van der Waals surface area contributed by atoms with Crippen molar-refractivity contribution < 1.29 is 9.59 Å². The third kappa shape index (κ3) is 5.11. The van der Waals surface area contributed by atoms with Gasteiger partial charge in [-0.15, -0.1) is 0 Å². The van der Waals surface area contributed by atoms with E-state index in [9.17, 15) is 9.59 Å². The van der Waals surface area contributed by atoms with E-state index >= 15 is 0 Å². The maximum Gasteiger partial charge on any atom is 0.251 e. The Balaban J connectivity index is 1.98. The van der Waals surface area contributed by atoms with Crippen LogP contribution in [0, 0.1) is 0 Å². The van der Waals surface area contributed by atoms with Gasteiger partial charge in [-0.2, -0.15) is 0 Å². The van der Waals surface area contributed by atoms with Gasteiger partial charge in [-0.25, -0.2) is 0 Å². The van der Waals surface area contributed by atoms with Gasteiger partial charge in [-0.05, 0) is 42.3 Å². The number of hydrogen-bond donors (Lipinski definition) is 2. The van der Waals surface area contributed by atoms with Crippen molar-refractivity contribution >= 4 is 23.4 Å². The molecule has 120 valence electrons. The summed E-state index contributed by atoms with van der Waals surface area (Å²) in [5.41, 5.74) is 2.47. The highest BCUT2D eigenvalue weighted by Gasteiger charge is 2.11. The summed E-state index contributed by atoms with van der Waals surface area (Å²) in [6.07, 6.45) is 0. The fourth-order valence-corrected chi connectivity index (χ4v) is 2.34. The fourth-order valence-electron chi connectivity index (χ4n) is 2.14. The van der Waals surface area contributed by atoms with Crippen LogP contribution in [0.25, 0.3) is 0 Å². The molecule has 0 saturated carbocycles. The topological polar surface area (TPSA) is 58.2 Å². The van der Waals surface area contributed by atoms with E-state index in [-0.39, 0.29) is 17.9 Å². The van der Waals surface area contributed by atoms with Crippen LogP contribution >= 0.6 is 11.6 Å². The Morgan fingerprint density at radius 2 is 1.83 bits per heavy atom. The predicted molar refractivity (Wildman–Crippen MR) is 91.3 cm³/mol. The van der Waals surface area contributed by atoms with Crippen LogP contribution in [0.5, 0.6) is 0 Å². The highest BCUT2D eigenvalue weighted by Crippen LogP contribution is 2.18. The summed E-state index contributed by atoms with van der Waals surface area (Å²) < 4.78 is 0. The molecule has 0 radical (unpaired) electrons. The largest absolute Gasteiger partial charge is 0.352 e. The molecule has 0 aromatic heterocycles. The summed E-state index contributed by atoms with van der Waals surface area (Å²) in [5.74, 6) is -0.231. The van der Waals surface area contributed by atoms with Crippen LogP contribution in [0.15, 0.2) is 48.5 Å². The zero-order chi connectivity index (χ0) is 16.8. The SMILES string of the molecule is CC(=O)NCc1ccc(C(=O)N[C@H](C)c2cccc(Cl)c2)cc1. The maximum absolute atomic E-state index is 12.3. The molecule has 0 spiro atoms. The van der Waals surface area contributed by atoms with E-state index in [2.05, 4.69) is 10.6 Å². The first kappa shape index (κ1) is 17.0. The monoisotopic (exact) mass is 330 g/mol. The van der Waals surface area contributed by atoms with Crippen LogP contribution in [0.1, 0.15) is 41.4 Å². The van der Waals surface area contributed by atoms with Crippen molar-refractivity contribution in [2.24, 2.45) is 0 Å². The predicted octanol–water partition coefficient (Wildman–Crippen LogP) is 3.47. The summed E-state index contributed by atoms with van der Waals surface area (Å²) in [5, 5.41) is 6.30. The molecule has 2 aromatic rings. The summed E-state index contributed by atoms with van der Waals surface area (Å²) in [4.78, 5) is 23.2. The molecular weight excluding hydrogens is 312 g/mol. The lowest BCUT2D eigenvalue weighted by Crippen LogP contribution is -2.26. The third-order valence-corrected chi connectivity index (χ3v) is 3.69. The van der Waals surface area contributed by atoms with Gasteiger partial charge in [0, 0.05) is 24.1 Å². The number of hydrogen-bond acceptors (Lipinski definition) is 2. The van der Waals surface area contributed by atoms with Crippen LogP contribution in [-0.2, 0) is 11.3 Å². The van der Waals surface area contributed by atoms with E-state index in [0.29, 0.717) is 17.1 Å². The second-order valence-electron chi connectivity index (χ2n) is 5.36. The van der Waals surface area contributed by atoms with Gasteiger partial charge in [0.25, 0.3) is 5.91 Å². The second-order valence-corrected chi connectivity index (χ2v) is 5.79. The maximum atomic E-state index is 12.3. The second kappa shape index (κ2) is 7.79. The first-order valence-electron chi connectivity index (χ1n) is 7.35. The molecule has 5 heteroatoms. The number of nitrogens with one attached hydrogen (secondary N) is 2. The molecule has 23 heavy (non-hydrogen) atoms. The van der Waals surface area contributed by atoms with Gasteiger partial charge in [-0.3, -0.25) is 9.59 Å². The molecule has 2 N–H and O–H groups in total. The quantitative estimate of drug-likeness (QED) is 0.882. The van der Waals surface area contributed by atoms with Crippen LogP contribution in [0.4, 0.5) is 0 Å². The lowest BCUT2D eigenvalue weighted by Gasteiger charge is -2.15. The highest BCUT2D eigenvalue weighted by atomic mass is 35.5. The summed E-state index contributed by atoms with van der Waals surface area (Å²) in [6.45, 7) is 3.84. The Hall–Kier alpha value is -2.33. The molecule has 0 heterocycles. The minimum atomic E-state index is -0.149. The molecule has 2 rings (SSSR count). The number of amides is 2. The number of rotatable bonds is 5. The number of carbonyl (C=O) groups excluding carboxylic acids is 2. The third-order valence-electron chi connectivity index (χ3n) is 3.45. The number of benzene rings is 2. The van der Waals surface area contributed by atoms with Crippen LogP contribution in [-0.4, -0.2) is 11.8 Å². The van der Waals surface area contributed by atoms with Crippen molar-refractivity contribution in [2.45, 2.75) is 26.4 Å². The highest BCUT2D eigenvalue weighted by molar-refractivity contribution is 6.30. The van der Waals surface area contributed by atoms with E-state index < -0.39 is 0 Å². The van der Waals surface area contributed by atoms with Crippen molar-refractivity contribution in [3.63, 3.8) is 0 Å². The Bertz CT molecular complexity index is 698. The average Bonchev–Trinajstić information content (AvgIpc) is 2.53. The first-order chi connectivity index (χ1) is 11.0. The molecule has 0 saturated heterocycles. The van der Waals surface area contributed by atoms with Gasteiger partial charge >= 0.3 is 0 Å². The molecule has 0 unspecified atom stereocenters. The van der Waals surface area contributed by atoms with E-state index in [4.69, 9.17) is 11.6 Å². The Morgan fingerprint density at radius 1 is 1.13 bits per heavy atom. The lowest BCUT2D eigenvalue weighted by atomic mass is 10.1. The number of carbonyl (C=O) groups is 2. The fraction of sp³-hybridized carbons (Fsp3) is 0.222. The zero-order valence-electron chi connectivity index (χ0n) is 13.1. The van der Waals surface area contributed by atoms with Gasteiger partial charge in [0.05, 0.1) is 6.04 Å². The summed E-state index contributed by atoms with van der Waals surface area (Å²) in [6, 6.07) is 14.4. The van der Waals surface area contributed by atoms with E-state index in [1.54, 1.807) is 18.2 Å². The van der Waals surface area contributed by atoms with E-state index in [1.807, 2.05) is 37.3 Å². The van der Waals surface area contributed by atoms with Crippen LogP contribution in [0.2, 0.25) is 5.02 Å². The molecule has 2 amide bonds.